The molecule has 0 saturated carbocycles. The maximum Gasteiger partial charge on any atom is 0.411 e. The zero-order valence-electron chi connectivity index (χ0n) is 8.39. The molecule has 0 rings (SSSR count). The molecule has 0 aromatic carbocycles. The van der Waals surface area contributed by atoms with Gasteiger partial charge in [0.05, 0.1) is 19.8 Å². The minimum absolute atomic E-state index is 0.0246. The Kier molecular flexibility index (Phi) is 7.06. The summed E-state index contributed by atoms with van der Waals surface area (Å²) in [6.07, 6.45) is -4.30. The largest absolute Gasteiger partial charge is 0.465 e. The van der Waals surface area contributed by atoms with E-state index in [4.69, 9.17) is 0 Å². The van der Waals surface area contributed by atoms with Crippen molar-refractivity contribution in [3.05, 3.63) is 0 Å². The van der Waals surface area contributed by atoms with Crippen molar-refractivity contribution in [3.8, 4) is 0 Å². The van der Waals surface area contributed by atoms with Gasteiger partial charge in [0.15, 0.2) is 0 Å². The molecule has 0 heterocycles. The number of nitrogens with one attached hydrogen (secondary N) is 1. The number of carbonyl (C=O) groups excluding carboxylic acids is 1. The highest BCUT2D eigenvalue weighted by Gasteiger charge is 2.27. The van der Waals surface area contributed by atoms with Crippen LogP contribution < -0.4 is 5.32 Å². The van der Waals surface area contributed by atoms with Gasteiger partial charge in [0.25, 0.3) is 0 Å². The Morgan fingerprint density at radius 2 is 2.07 bits per heavy atom. The molecule has 0 aromatic heterocycles. The van der Waals surface area contributed by atoms with Crippen molar-refractivity contribution in [1.82, 2.24) is 5.32 Å². The average Bonchev–Trinajstić information content (AvgIpc) is 2.09. The number of carbonyl (C=O) groups is 1. The third kappa shape index (κ3) is 11.1. The highest BCUT2D eigenvalue weighted by molar-refractivity contribution is 5.71. The Bertz CT molecular complexity index is 184. The summed E-state index contributed by atoms with van der Waals surface area (Å²) in [7, 11) is 0. The average molecular weight is 229 g/mol. The first-order valence-electron chi connectivity index (χ1n) is 4.46. The predicted molar refractivity (Wildman–Crippen MR) is 46.4 cm³/mol. The minimum Gasteiger partial charge on any atom is -0.465 e. The second kappa shape index (κ2) is 7.47. The van der Waals surface area contributed by atoms with Crippen molar-refractivity contribution < 1.29 is 27.4 Å². The number of rotatable bonds is 7. The first-order valence-corrected chi connectivity index (χ1v) is 4.46. The number of alkyl halides is 3. The van der Waals surface area contributed by atoms with Crippen molar-refractivity contribution >= 4 is 5.97 Å². The lowest BCUT2D eigenvalue weighted by atomic mass is 10.6. The molecule has 90 valence electrons. The fraction of sp³-hybridized carbons (Fsp3) is 0.875. The third-order valence-electron chi connectivity index (χ3n) is 1.26. The summed E-state index contributed by atoms with van der Waals surface area (Å²) in [5, 5.41) is 2.59. The molecule has 0 atom stereocenters. The van der Waals surface area contributed by atoms with Crippen LogP contribution in [0.15, 0.2) is 0 Å². The van der Waals surface area contributed by atoms with Crippen LogP contribution in [0.2, 0.25) is 0 Å². The molecule has 0 amide bonds. The molecule has 0 fully saturated rings. The highest BCUT2D eigenvalue weighted by Crippen LogP contribution is 2.13. The summed E-state index contributed by atoms with van der Waals surface area (Å²) in [4.78, 5) is 10.7. The molecule has 0 aliphatic heterocycles. The molecular weight excluding hydrogens is 215 g/mol. The normalized spacial score (nSPS) is 11.5. The fourth-order valence-electron chi connectivity index (χ4n) is 0.735. The van der Waals surface area contributed by atoms with Crippen LogP contribution >= 0.6 is 0 Å². The van der Waals surface area contributed by atoms with Crippen LogP contribution in [0, 0.1) is 0 Å². The van der Waals surface area contributed by atoms with Gasteiger partial charge in [-0.25, -0.2) is 0 Å². The Morgan fingerprint density at radius 3 is 2.60 bits per heavy atom. The summed E-state index contributed by atoms with van der Waals surface area (Å²) >= 11 is 0. The van der Waals surface area contributed by atoms with Gasteiger partial charge in [0.1, 0.15) is 6.61 Å². The van der Waals surface area contributed by atoms with E-state index in [1.54, 1.807) is 6.92 Å². The maximum atomic E-state index is 11.6. The standard InChI is InChI=1S/C8H14F3NO3/c1-2-15-7(13)5-12-3-4-14-6-8(9,10)11/h12H,2-6H2,1H3. The van der Waals surface area contributed by atoms with Crippen LogP contribution in [0.1, 0.15) is 6.92 Å². The molecule has 0 aromatic rings. The number of halogens is 3. The number of hydrogen-bond donors (Lipinski definition) is 1. The van der Waals surface area contributed by atoms with Gasteiger partial charge in [-0.1, -0.05) is 0 Å². The van der Waals surface area contributed by atoms with E-state index >= 15 is 0 Å². The van der Waals surface area contributed by atoms with Crippen LogP contribution in [0.5, 0.6) is 0 Å². The van der Waals surface area contributed by atoms with Gasteiger partial charge in [0.2, 0.25) is 0 Å². The molecule has 7 heteroatoms. The van der Waals surface area contributed by atoms with Crippen molar-refractivity contribution in [3.63, 3.8) is 0 Å². The van der Waals surface area contributed by atoms with Crippen LogP contribution in [-0.2, 0) is 14.3 Å². The smallest absolute Gasteiger partial charge is 0.411 e. The lowest BCUT2D eigenvalue weighted by Gasteiger charge is -2.08. The molecule has 0 saturated heterocycles. The summed E-state index contributed by atoms with van der Waals surface area (Å²) in [6, 6.07) is 0. The van der Waals surface area contributed by atoms with Gasteiger partial charge in [-0.2, -0.15) is 13.2 Å². The SMILES string of the molecule is CCOC(=O)CNCCOCC(F)(F)F. The molecule has 0 aliphatic rings. The van der Waals surface area contributed by atoms with E-state index in [0.29, 0.717) is 0 Å². The van der Waals surface area contributed by atoms with Crippen molar-refractivity contribution in [2.45, 2.75) is 13.1 Å². The van der Waals surface area contributed by atoms with Crippen LogP contribution in [0.25, 0.3) is 0 Å². The molecule has 0 aliphatic carbocycles. The lowest BCUT2D eigenvalue weighted by Crippen LogP contribution is -2.29. The molecular formula is C8H14F3NO3. The number of hydrogen-bond acceptors (Lipinski definition) is 4. The summed E-state index contributed by atoms with van der Waals surface area (Å²) in [5.41, 5.74) is 0. The topological polar surface area (TPSA) is 47.6 Å². The van der Waals surface area contributed by atoms with Gasteiger partial charge in [-0.15, -0.1) is 0 Å². The molecule has 0 unspecified atom stereocenters. The monoisotopic (exact) mass is 229 g/mol. The summed E-state index contributed by atoms with van der Waals surface area (Å²) in [5.74, 6) is -0.437. The first kappa shape index (κ1) is 14.2. The van der Waals surface area contributed by atoms with Gasteiger partial charge in [-0.05, 0) is 6.92 Å². The van der Waals surface area contributed by atoms with E-state index in [1.807, 2.05) is 0 Å². The Hall–Kier alpha value is -0.820. The van der Waals surface area contributed by atoms with Crippen LogP contribution in [0.4, 0.5) is 13.2 Å². The van der Waals surface area contributed by atoms with E-state index in [-0.39, 0.29) is 26.3 Å². The van der Waals surface area contributed by atoms with Crippen LogP contribution in [-0.4, -0.2) is 45.1 Å². The molecule has 0 radical (unpaired) electrons. The van der Waals surface area contributed by atoms with Crippen molar-refractivity contribution in [2.24, 2.45) is 0 Å². The van der Waals surface area contributed by atoms with Crippen molar-refractivity contribution in [1.29, 1.82) is 0 Å². The number of ether oxygens (including phenoxy) is 2. The molecule has 15 heavy (non-hydrogen) atoms. The number of esters is 1. The van der Waals surface area contributed by atoms with Gasteiger partial charge < -0.3 is 14.8 Å². The molecule has 0 bridgehead atoms. The summed E-state index contributed by atoms with van der Waals surface area (Å²) in [6.45, 7) is 0.737. The van der Waals surface area contributed by atoms with E-state index in [9.17, 15) is 18.0 Å². The lowest BCUT2D eigenvalue weighted by molar-refractivity contribution is -0.173. The molecule has 0 spiro atoms. The Balaban J connectivity index is 3.22. The van der Waals surface area contributed by atoms with Gasteiger partial charge in [0, 0.05) is 6.54 Å². The van der Waals surface area contributed by atoms with E-state index in [1.165, 1.54) is 0 Å². The summed E-state index contributed by atoms with van der Waals surface area (Å²) < 4.78 is 43.6. The Labute approximate surface area is 85.7 Å². The second-order valence-electron chi connectivity index (χ2n) is 2.65. The van der Waals surface area contributed by atoms with Gasteiger partial charge in [-0.3, -0.25) is 4.79 Å². The zero-order valence-corrected chi connectivity index (χ0v) is 8.39. The predicted octanol–water partition coefficient (Wildman–Crippen LogP) is 0.718. The fourth-order valence-corrected chi connectivity index (χ4v) is 0.735. The minimum atomic E-state index is -4.30. The quantitative estimate of drug-likeness (QED) is 0.516. The zero-order chi connectivity index (χ0) is 11.7. The Morgan fingerprint density at radius 1 is 1.40 bits per heavy atom. The maximum absolute atomic E-state index is 11.6. The third-order valence-corrected chi connectivity index (χ3v) is 1.26. The van der Waals surface area contributed by atoms with E-state index < -0.39 is 18.8 Å². The van der Waals surface area contributed by atoms with Gasteiger partial charge >= 0.3 is 12.1 Å². The van der Waals surface area contributed by atoms with Crippen molar-refractivity contribution in [2.75, 3.05) is 32.9 Å². The highest BCUT2D eigenvalue weighted by atomic mass is 19.4. The van der Waals surface area contributed by atoms with E-state index in [2.05, 4.69) is 14.8 Å². The molecule has 4 nitrogen and oxygen atoms in total. The van der Waals surface area contributed by atoms with E-state index in [0.717, 1.165) is 0 Å². The second-order valence-corrected chi connectivity index (χ2v) is 2.65. The van der Waals surface area contributed by atoms with Crippen LogP contribution in [0.3, 0.4) is 0 Å². The first-order chi connectivity index (χ1) is 6.95. The molecule has 1 N–H and O–H groups in total.